The van der Waals surface area contributed by atoms with E-state index in [-0.39, 0.29) is 18.0 Å². The highest BCUT2D eigenvalue weighted by Gasteiger charge is 2.43. The molecule has 7 nitrogen and oxygen atoms in total. The lowest BCUT2D eigenvalue weighted by molar-refractivity contribution is -0.141. The van der Waals surface area contributed by atoms with Crippen molar-refractivity contribution in [2.75, 3.05) is 53.4 Å². The molecule has 0 aliphatic heterocycles. The van der Waals surface area contributed by atoms with Crippen molar-refractivity contribution in [2.45, 2.75) is 13.0 Å². The Labute approximate surface area is 239 Å². The van der Waals surface area contributed by atoms with Gasteiger partial charge in [-0.15, -0.1) is 0 Å². The Morgan fingerprint density at radius 2 is 1.39 bits per heavy atom. The Morgan fingerprint density at radius 1 is 0.756 bits per heavy atom. The number of allylic oxidation sites excluding steroid dienone is 3. The van der Waals surface area contributed by atoms with E-state index in [1.165, 1.54) is 0 Å². The minimum Gasteiger partial charge on any atom is -0.446 e. The lowest BCUT2D eigenvalue weighted by atomic mass is 9.95. The number of benzene rings is 3. The molecule has 0 bridgehead atoms. The van der Waals surface area contributed by atoms with Gasteiger partial charge in [0.05, 0.1) is 39.6 Å². The molecule has 1 atom stereocenters. The van der Waals surface area contributed by atoms with Crippen LogP contribution in [0.3, 0.4) is 0 Å². The Morgan fingerprint density at radius 3 is 2.07 bits per heavy atom. The maximum Gasteiger partial charge on any atom is 0.344 e. The van der Waals surface area contributed by atoms with E-state index in [4.69, 9.17) is 23.7 Å². The predicted molar refractivity (Wildman–Crippen MR) is 157 cm³/mol. The molecule has 0 fully saturated rings. The summed E-state index contributed by atoms with van der Waals surface area (Å²) >= 11 is 0. The third-order valence-corrected chi connectivity index (χ3v) is 6.85. The van der Waals surface area contributed by atoms with Gasteiger partial charge in [-0.1, -0.05) is 78.6 Å². The van der Waals surface area contributed by atoms with Gasteiger partial charge in [-0.05, 0) is 34.4 Å². The summed E-state index contributed by atoms with van der Waals surface area (Å²) in [5.41, 5.74) is 4.59. The van der Waals surface area contributed by atoms with Crippen LogP contribution in [0.1, 0.15) is 23.6 Å². The topological polar surface area (TPSA) is 80.3 Å². The monoisotopic (exact) mass is 552 g/mol. The van der Waals surface area contributed by atoms with Crippen molar-refractivity contribution >= 4 is 39.2 Å². The van der Waals surface area contributed by atoms with E-state index in [0.29, 0.717) is 50.8 Å². The van der Waals surface area contributed by atoms with Gasteiger partial charge in [-0.2, -0.15) is 0 Å². The van der Waals surface area contributed by atoms with Crippen LogP contribution in [0.2, 0.25) is 0 Å². The maximum absolute atomic E-state index is 13.8. The van der Waals surface area contributed by atoms with Gasteiger partial charge < -0.3 is 23.7 Å². The summed E-state index contributed by atoms with van der Waals surface area (Å²) in [6, 6.07) is 21.4. The second-order valence-corrected chi connectivity index (χ2v) is 9.54. The summed E-state index contributed by atoms with van der Waals surface area (Å²) in [5.74, 6) is 4.75. The van der Waals surface area contributed by atoms with Crippen LogP contribution in [0.5, 0.6) is 0 Å². The maximum atomic E-state index is 13.8. The van der Waals surface area contributed by atoms with E-state index in [9.17, 15) is 9.59 Å². The number of fused-ring (bicyclic) bond motifs is 3. The Bertz CT molecular complexity index is 1550. The van der Waals surface area contributed by atoms with Crippen LogP contribution in [-0.2, 0) is 33.3 Å². The molecular formula is C34H32O7. The van der Waals surface area contributed by atoms with Gasteiger partial charge in [0.1, 0.15) is 12.2 Å². The van der Waals surface area contributed by atoms with E-state index in [2.05, 4.69) is 11.8 Å². The lowest BCUT2D eigenvalue weighted by Crippen LogP contribution is -2.20. The van der Waals surface area contributed by atoms with Gasteiger partial charge in [0.15, 0.2) is 6.10 Å². The van der Waals surface area contributed by atoms with E-state index in [1.807, 2.05) is 66.7 Å². The normalized spacial score (nSPS) is 14.3. The summed E-state index contributed by atoms with van der Waals surface area (Å²) in [6.45, 7) is 4.73. The first-order valence-corrected chi connectivity index (χ1v) is 13.6. The average Bonchev–Trinajstić information content (AvgIpc) is 3.46. The minimum absolute atomic E-state index is 0.0517. The van der Waals surface area contributed by atoms with E-state index in [0.717, 1.165) is 33.0 Å². The fourth-order valence-corrected chi connectivity index (χ4v) is 5.11. The highest BCUT2D eigenvalue weighted by molar-refractivity contribution is 6.55. The van der Waals surface area contributed by atoms with Crippen molar-refractivity contribution in [2.24, 2.45) is 0 Å². The van der Waals surface area contributed by atoms with Gasteiger partial charge in [-0.25, -0.2) is 4.79 Å². The summed E-state index contributed by atoms with van der Waals surface area (Å²) in [4.78, 5) is 27.4. The fourth-order valence-electron chi connectivity index (χ4n) is 5.11. The third kappa shape index (κ3) is 6.17. The zero-order valence-corrected chi connectivity index (χ0v) is 23.2. The van der Waals surface area contributed by atoms with Gasteiger partial charge in [0.25, 0.3) is 0 Å². The van der Waals surface area contributed by atoms with Crippen LogP contribution in [0.4, 0.5) is 0 Å². The molecule has 3 aromatic rings. The average molecular weight is 553 g/mol. The molecule has 0 saturated carbocycles. The molecular weight excluding hydrogens is 520 g/mol. The quantitative estimate of drug-likeness (QED) is 0.131. The molecule has 5 rings (SSSR count). The molecule has 1 unspecified atom stereocenters. The smallest absolute Gasteiger partial charge is 0.344 e. The molecule has 0 N–H and O–H groups in total. The van der Waals surface area contributed by atoms with Crippen molar-refractivity contribution in [3.63, 3.8) is 0 Å². The Hall–Kier alpha value is -4.06. The number of hydrogen-bond acceptors (Lipinski definition) is 7. The molecule has 0 amide bonds. The van der Waals surface area contributed by atoms with Crippen LogP contribution in [0.15, 0.2) is 72.3 Å². The van der Waals surface area contributed by atoms with Crippen molar-refractivity contribution in [3.05, 3.63) is 89.0 Å². The van der Waals surface area contributed by atoms with Crippen molar-refractivity contribution in [1.82, 2.24) is 0 Å². The number of hydrogen-bond donors (Lipinski definition) is 0. The molecule has 41 heavy (non-hydrogen) atoms. The zero-order valence-electron chi connectivity index (χ0n) is 23.2. The third-order valence-electron chi connectivity index (χ3n) is 6.85. The first kappa shape index (κ1) is 28.5. The lowest BCUT2D eigenvalue weighted by Gasteiger charge is -2.10. The molecule has 3 aromatic carbocycles. The number of ether oxygens (including phenoxy) is 5. The molecule has 7 heteroatoms. The molecule has 0 spiro atoms. The van der Waals surface area contributed by atoms with Gasteiger partial charge in [-0.3, -0.25) is 4.79 Å². The van der Waals surface area contributed by atoms with E-state index in [1.54, 1.807) is 14.0 Å². The van der Waals surface area contributed by atoms with E-state index >= 15 is 0 Å². The SMILES string of the molecule is COCCOCCOCCOCC#CC(C)OC(=O)C1=C2C(=C(c3ccccc3)C1=O)c1cccc3cccc2c13. The summed E-state index contributed by atoms with van der Waals surface area (Å²) in [6.07, 6.45) is -0.726. The predicted octanol–water partition coefficient (Wildman–Crippen LogP) is 4.73. The number of esters is 1. The number of ketones is 1. The van der Waals surface area contributed by atoms with Crippen molar-refractivity contribution in [1.29, 1.82) is 0 Å². The number of Topliss-reactive ketones (excluding diaryl/α,β-unsaturated/α-hetero) is 1. The number of rotatable bonds is 13. The van der Waals surface area contributed by atoms with Crippen molar-refractivity contribution < 1.29 is 33.3 Å². The summed E-state index contributed by atoms with van der Waals surface area (Å²) in [5, 5.41) is 2.10. The summed E-state index contributed by atoms with van der Waals surface area (Å²) in [7, 11) is 1.63. The summed E-state index contributed by atoms with van der Waals surface area (Å²) < 4.78 is 26.8. The Kier molecular flexibility index (Phi) is 9.40. The fraction of sp³-hybridized carbons (Fsp3) is 0.294. The largest absolute Gasteiger partial charge is 0.446 e. The van der Waals surface area contributed by atoms with E-state index < -0.39 is 12.1 Å². The van der Waals surface area contributed by atoms with Gasteiger partial charge in [0, 0.05) is 23.8 Å². The van der Waals surface area contributed by atoms with Crippen LogP contribution in [0.25, 0.3) is 27.5 Å². The number of carbonyl (C=O) groups excluding carboxylic acids is 2. The molecule has 2 aliphatic carbocycles. The first-order chi connectivity index (χ1) is 20.1. The molecule has 0 aromatic heterocycles. The highest BCUT2D eigenvalue weighted by Crippen LogP contribution is 2.54. The molecule has 0 heterocycles. The second kappa shape index (κ2) is 13.5. The molecule has 210 valence electrons. The number of carbonyl (C=O) groups is 2. The van der Waals surface area contributed by atoms with Gasteiger partial charge >= 0.3 is 5.97 Å². The van der Waals surface area contributed by atoms with Crippen molar-refractivity contribution in [3.8, 4) is 11.8 Å². The molecule has 0 radical (unpaired) electrons. The minimum atomic E-state index is -0.726. The molecule has 2 aliphatic rings. The molecule has 0 saturated heterocycles. The Balaban J connectivity index is 1.24. The highest BCUT2D eigenvalue weighted by atomic mass is 16.6. The van der Waals surface area contributed by atoms with Gasteiger partial charge in [0.2, 0.25) is 5.78 Å². The second-order valence-electron chi connectivity index (χ2n) is 9.54. The van der Waals surface area contributed by atoms with Crippen LogP contribution in [0, 0.1) is 11.8 Å². The number of methoxy groups -OCH3 is 1. The van der Waals surface area contributed by atoms with Crippen LogP contribution >= 0.6 is 0 Å². The zero-order chi connectivity index (χ0) is 28.6. The standard InChI is InChI=1S/C34H32O7/c1-23(9-8-16-38-19-20-40-22-21-39-18-17-37-2)41-34(36)32-31-27-15-7-13-24-12-6-14-26(28(24)27)30(31)29(33(32)35)25-10-4-3-5-11-25/h3-7,10-15,23H,16-22H2,1-2H3. The van der Waals surface area contributed by atoms with Crippen LogP contribution < -0.4 is 0 Å². The first-order valence-electron chi connectivity index (χ1n) is 13.6. The van der Waals surface area contributed by atoms with Crippen LogP contribution in [-0.4, -0.2) is 71.2 Å².